The van der Waals surface area contributed by atoms with Gasteiger partial charge in [-0.2, -0.15) is 0 Å². The molecule has 4 rings (SSSR count). The Labute approximate surface area is 194 Å². The summed E-state index contributed by atoms with van der Waals surface area (Å²) in [5.74, 6) is -3.45. The third-order valence-electron chi connectivity index (χ3n) is 8.15. The fourth-order valence-corrected chi connectivity index (χ4v) is 6.70. The first kappa shape index (κ1) is 24.8. The monoisotopic (exact) mass is 468 g/mol. The van der Waals surface area contributed by atoms with Crippen LogP contribution in [0.4, 0.5) is 0 Å². The van der Waals surface area contributed by atoms with Gasteiger partial charge in [-0.15, -0.1) is 0 Å². The first-order valence-electron chi connectivity index (χ1n) is 11.6. The zero-order chi connectivity index (χ0) is 24.1. The molecule has 2 aliphatic carbocycles. The van der Waals surface area contributed by atoms with Gasteiger partial charge in [0.15, 0.2) is 0 Å². The minimum Gasteiger partial charge on any atom is -0.459 e. The van der Waals surface area contributed by atoms with Gasteiger partial charge in [-0.05, 0) is 12.5 Å². The van der Waals surface area contributed by atoms with E-state index in [0.29, 0.717) is 0 Å². The highest BCUT2D eigenvalue weighted by Gasteiger charge is 2.70. The molecule has 1 saturated carbocycles. The zero-order valence-corrected chi connectivity index (χ0v) is 19.5. The van der Waals surface area contributed by atoms with Crippen molar-refractivity contribution in [2.45, 2.75) is 50.0 Å². The van der Waals surface area contributed by atoms with Gasteiger partial charge in [0.25, 0.3) is 0 Å². The molecular formula is C24H36O9. The fourth-order valence-electron chi connectivity index (χ4n) is 6.70. The molecule has 33 heavy (non-hydrogen) atoms. The summed E-state index contributed by atoms with van der Waals surface area (Å²) in [6, 6.07) is 0. The minimum atomic E-state index is -1.25. The minimum absolute atomic E-state index is 0.0464. The Morgan fingerprint density at radius 2 is 1.85 bits per heavy atom. The topological polar surface area (TPSA) is 135 Å². The van der Waals surface area contributed by atoms with Gasteiger partial charge in [0.05, 0.1) is 44.1 Å². The molecular weight excluding hydrogens is 432 g/mol. The van der Waals surface area contributed by atoms with E-state index in [1.165, 1.54) is 14.2 Å². The number of cyclic esters (lactones) is 1. The lowest BCUT2D eigenvalue weighted by Gasteiger charge is -2.49. The summed E-state index contributed by atoms with van der Waals surface area (Å²) in [6.45, 7) is 3.38. The van der Waals surface area contributed by atoms with Crippen molar-refractivity contribution in [2.75, 3.05) is 34.0 Å². The summed E-state index contributed by atoms with van der Waals surface area (Å²) in [6.07, 6.45) is 1.13. The van der Waals surface area contributed by atoms with Crippen LogP contribution >= 0.6 is 0 Å². The van der Waals surface area contributed by atoms with Crippen molar-refractivity contribution < 1.29 is 44.2 Å². The molecule has 0 aromatic carbocycles. The van der Waals surface area contributed by atoms with Gasteiger partial charge in [-0.3, -0.25) is 4.79 Å². The van der Waals surface area contributed by atoms with Gasteiger partial charge in [-0.1, -0.05) is 25.2 Å². The summed E-state index contributed by atoms with van der Waals surface area (Å²) in [4.78, 5) is 13.4. The van der Waals surface area contributed by atoms with Crippen LogP contribution in [0.3, 0.4) is 0 Å². The van der Waals surface area contributed by atoms with Crippen LogP contribution in [0.15, 0.2) is 23.8 Å². The predicted molar refractivity (Wildman–Crippen MR) is 116 cm³/mol. The van der Waals surface area contributed by atoms with E-state index in [2.05, 4.69) is 0 Å². The number of aliphatic hydroxyl groups is 4. The Morgan fingerprint density at radius 1 is 1.15 bits per heavy atom. The Bertz CT molecular complexity index is 797. The molecule has 4 N–H and O–H groups in total. The maximum Gasteiger partial charge on any atom is 0.312 e. The van der Waals surface area contributed by atoms with Crippen LogP contribution in [-0.4, -0.2) is 96.6 Å². The molecule has 4 aliphatic rings. The predicted octanol–water partition coefficient (Wildman–Crippen LogP) is -0.336. The maximum atomic E-state index is 13.4. The number of ether oxygens (including phenoxy) is 4. The molecule has 1 saturated heterocycles. The summed E-state index contributed by atoms with van der Waals surface area (Å²) >= 11 is 0. The lowest BCUT2D eigenvalue weighted by Crippen LogP contribution is -2.59. The average Bonchev–Trinajstić information content (AvgIpc) is 2.99. The van der Waals surface area contributed by atoms with Crippen LogP contribution in [0.1, 0.15) is 13.8 Å². The quantitative estimate of drug-likeness (QED) is 0.305. The van der Waals surface area contributed by atoms with E-state index in [9.17, 15) is 25.2 Å². The van der Waals surface area contributed by atoms with Crippen LogP contribution in [0, 0.1) is 35.5 Å². The third-order valence-corrected chi connectivity index (χ3v) is 8.15. The molecule has 9 nitrogen and oxygen atoms in total. The van der Waals surface area contributed by atoms with Gasteiger partial charge in [0, 0.05) is 43.8 Å². The standard InChI is InChI=1S/C24H36O9/c1-11-7-12(2)24-16(14(9-30-3)23(29)32-21(11)17(26)8-25)6-5-13-18(24)19(27)15(10-31-4)20(28)22(13)33-24/h5-7,11,13-22,25-28H,8-10H2,1-4H3/b12-7+/t11-,13-,14-,15-,16-,17-,18+,19-,20-,21+,22-,24+/m1/s1. The second-order valence-corrected chi connectivity index (χ2v) is 9.91. The first-order chi connectivity index (χ1) is 15.7. The molecule has 2 fully saturated rings. The van der Waals surface area contributed by atoms with Gasteiger partial charge >= 0.3 is 5.97 Å². The normalized spacial score (nSPS) is 49.2. The van der Waals surface area contributed by atoms with Crippen LogP contribution in [0.5, 0.6) is 0 Å². The van der Waals surface area contributed by atoms with E-state index in [1.807, 2.05) is 25.2 Å². The number of methoxy groups -OCH3 is 2. The highest BCUT2D eigenvalue weighted by molar-refractivity contribution is 5.74. The number of carbonyl (C=O) groups is 1. The smallest absolute Gasteiger partial charge is 0.312 e. The van der Waals surface area contributed by atoms with Gasteiger partial charge in [0.1, 0.15) is 17.8 Å². The Balaban J connectivity index is 1.88. The number of esters is 1. The van der Waals surface area contributed by atoms with E-state index in [0.717, 1.165) is 5.57 Å². The zero-order valence-electron chi connectivity index (χ0n) is 19.5. The summed E-state index contributed by atoms with van der Waals surface area (Å²) in [7, 11) is 3.02. The molecule has 2 heterocycles. The number of hydrogen-bond donors (Lipinski definition) is 4. The van der Waals surface area contributed by atoms with Crippen LogP contribution in [-0.2, 0) is 23.7 Å². The van der Waals surface area contributed by atoms with Crippen LogP contribution in [0.25, 0.3) is 0 Å². The highest BCUT2D eigenvalue weighted by atomic mass is 16.6. The van der Waals surface area contributed by atoms with E-state index in [-0.39, 0.29) is 19.1 Å². The molecule has 1 spiro atoms. The molecule has 9 heteroatoms. The Morgan fingerprint density at radius 3 is 2.48 bits per heavy atom. The highest BCUT2D eigenvalue weighted by Crippen LogP contribution is 2.61. The van der Waals surface area contributed by atoms with Gasteiger partial charge in [0.2, 0.25) is 0 Å². The van der Waals surface area contributed by atoms with E-state index >= 15 is 0 Å². The van der Waals surface area contributed by atoms with Gasteiger partial charge < -0.3 is 39.4 Å². The SMILES string of the molecule is COC[C@H]1[C@@H](O)[C@@H]2O[C@@]34/C(C)=C/[C@@H](C)[C@@H]([C@H](O)CO)OC(=O)[C@H](COC)[C@H]3C=C[C@@H]2[C@H]4[C@@H]1O. The number of carbonyl (C=O) groups excluding carboxylic acids is 1. The second kappa shape index (κ2) is 9.37. The van der Waals surface area contributed by atoms with Crippen molar-refractivity contribution in [1.29, 1.82) is 0 Å². The molecule has 4 bridgehead atoms. The second-order valence-electron chi connectivity index (χ2n) is 9.91. The lowest BCUT2D eigenvalue weighted by atomic mass is 9.56. The number of rotatable bonds is 6. The first-order valence-corrected chi connectivity index (χ1v) is 11.6. The van der Waals surface area contributed by atoms with Crippen molar-refractivity contribution in [1.82, 2.24) is 0 Å². The molecule has 0 radical (unpaired) electrons. The molecule has 2 aliphatic heterocycles. The van der Waals surface area contributed by atoms with E-state index in [1.54, 1.807) is 6.92 Å². The summed E-state index contributed by atoms with van der Waals surface area (Å²) < 4.78 is 23.1. The fraction of sp³-hybridized carbons (Fsp3) is 0.792. The summed E-state index contributed by atoms with van der Waals surface area (Å²) in [5.41, 5.74) is -0.275. The average molecular weight is 469 g/mol. The van der Waals surface area contributed by atoms with Crippen molar-refractivity contribution in [3.63, 3.8) is 0 Å². The van der Waals surface area contributed by atoms with Gasteiger partial charge in [-0.25, -0.2) is 0 Å². The Hall–Kier alpha value is -1.33. The number of hydrogen-bond acceptors (Lipinski definition) is 9. The molecule has 0 aromatic rings. The van der Waals surface area contributed by atoms with Crippen molar-refractivity contribution in [3.8, 4) is 0 Å². The molecule has 0 unspecified atom stereocenters. The maximum absolute atomic E-state index is 13.4. The number of aliphatic hydroxyl groups excluding tert-OH is 4. The van der Waals surface area contributed by atoms with Crippen molar-refractivity contribution >= 4 is 5.97 Å². The van der Waals surface area contributed by atoms with Crippen molar-refractivity contribution in [2.24, 2.45) is 35.5 Å². The lowest BCUT2D eigenvalue weighted by molar-refractivity contribution is -0.172. The molecule has 12 atom stereocenters. The summed E-state index contributed by atoms with van der Waals surface area (Å²) in [5, 5.41) is 42.5. The van der Waals surface area contributed by atoms with Crippen LogP contribution in [0.2, 0.25) is 0 Å². The largest absolute Gasteiger partial charge is 0.459 e. The molecule has 186 valence electrons. The van der Waals surface area contributed by atoms with E-state index in [4.69, 9.17) is 18.9 Å². The third kappa shape index (κ3) is 3.69. The molecule has 0 aromatic heterocycles. The van der Waals surface area contributed by atoms with Crippen molar-refractivity contribution in [3.05, 3.63) is 23.8 Å². The van der Waals surface area contributed by atoms with E-state index < -0.39 is 78.3 Å². The molecule has 0 amide bonds. The Kier molecular flexibility index (Phi) is 7.04. The van der Waals surface area contributed by atoms with Crippen LogP contribution < -0.4 is 0 Å².